The molecule has 0 aromatic rings. The van der Waals surface area contributed by atoms with Crippen LogP contribution in [0, 0.1) is 0 Å². The Morgan fingerprint density at radius 2 is 2.00 bits per heavy atom. The predicted octanol–water partition coefficient (Wildman–Crippen LogP) is -0.748. The van der Waals surface area contributed by atoms with E-state index in [9.17, 15) is 4.79 Å². The van der Waals surface area contributed by atoms with E-state index in [4.69, 9.17) is 0 Å². The average Bonchev–Trinajstić information content (AvgIpc) is 1.38. The van der Waals surface area contributed by atoms with Gasteiger partial charge < -0.3 is 3.79 Å². The van der Waals surface area contributed by atoms with Crippen LogP contribution in [0.4, 0.5) is 0 Å². The van der Waals surface area contributed by atoms with Crippen LogP contribution in [0.5, 0.6) is 0 Å². The summed E-state index contributed by atoms with van der Waals surface area (Å²) in [5, 5.41) is 0. The molecule has 0 heterocycles. The molecule has 0 spiro atoms. The van der Waals surface area contributed by atoms with Crippen molar-refractivity contribution in [3.05, 3.63) is 0 Å². The van der Waals surface area contributed by atoms with Gasteiger partial charge in [-0.3, -0.25) is 4.79 Å². The van der Waals surface area contributed by atoms with Crippen LogP contribution < -0.4 is 0 Å². The van der Waals surface area contributed by atoms with Gasteiger partial charge in [0.2, 0.25) is 0 Å². The van der Waals surface area contributed by atoms with Gasteiger partial charge in [0, 0.05) is 58.3 Å². The zero-order valence-corrected chi connectivity index (χ0v) is 8.17. The Labute approximate surface area is 87.8 Å². The van der Waals surface area contributed by atoms with Crippen LogP contribution in [0.1, 0.15) is 6.92 Å². The number of hydrogen-bond donors (Lipinski definition) is 0. The molecule has 6 heavy (non-hydrogen) atoms. The monoisotopic (exact) mass is 125 g/mol. The van der Waals surface area contributed by atoms with Gasteiger partial charge in [-0.25, -0.2) is 0 Å². The Morgan fingerprint density at radius 3 is 2.00 bits per heavy atom. The van der Waals surface area contributed by atoms with Crippen LogP contribution in [0.2, 0.25) is 0 Å². The van der Waals surface area contributed by atoms with Crippen molar-refractivity contribution in [2.45, 2.75) is 6.92 Å². The fraction of sp³-hybridized carbons (Fsp3) is 0.500. The molecule has 3 radical (unpaired) electrons. The van der Waals surface area contributed by atoms with Gasteiger partial charge in [0.15, 0.2) is 0 Å². The molecule has 4 heteroatoms. The zero-order chi connectivity index (χ0) is 4.28. The molecular weight excluding hydrogens is 122 g/mol. The van der Waals surface area contributed by atoms with Crippen LogP contribution in [0.15, 0.2) is 0 Å². The molecule has 0 saturated carbocycles. The van der Waals surface area contributed by atoms with Crippen LogP contribution in [0.3, 0.4) is 0 Å². The maximum absolute atomic E-state index is 9.57. The summed E-state index contributed by atoms with van der Waals surface area (Å²) >= 11 is 1.84. The third-order valence-corrected chi connectivity index (χ3v) is 0.498. The summed E-state index contributed by atoms with van der Waals surface area (Å²) < 4.78 is 4.03. The van der Waals surface area contributed by atoms with Crippen LogP contribution >= 0.6 is 0 Å². The second-order valence-electron chi connectivity index (χ2n) is 0.609. The standard InChI is InChI=1S/C2H4O2.Al.K/c1-2(3)4;;/h1H3,(H,3,4);;/q;+1;/p-1. The number of hydrogen-bond acceptors (Lipinski definition) is 2. The Balaban J connectivity index is 0. The first kappa shape index (κ1) is 10.6. The summed E-state index contributed by atoms with van der Waals surface area (Å²) in [6.07, 6.45) is 0. The van der Waals surface area contributed by atoms with Crippen LogP contribution in [-0.2, 0) is 8.58 Å². The molecule has 0 aliphatic rings. The minimum atomic E-state index is -0.282. The molecule has 0 aliphatic carbocycles. The summed E-state index contributed by atoms with van der Waals surface area (Å²) in [5.74, 6) is -0.282. The van der Waals surface area contributed by atoms with Gasteiger partial charge in [0.25, 0.3) is 5.97 Å². The van der Waals surface area contributed by atoms with Gasteiger partial charge in [-0.1, -0.05) is 0 Å². The minimum Gasteiger partial charge on any atom is -0.628 e. The van der Waals surface area contributed by atoms with Crippen molar-refractivity contribution in [1.82, 2.24) is 0 Å². The first-order chi connectivity index (χ1) is 2.27. The molecule has 0 N–H and O–H groups in total. The van der Waals surface area contributed by atoms with Gasteiger partial charge in [0.05, 0.1) is 0 Å². The maximum Gasteiger partial charge on any atom is 0.484 e. The third kappa shape index (κ3) is 9.16. The van der Waals surface area contributed by atoms with E-state index < -0.39 is 0 Å². The number of rotatable bonds is 0. The smallest absolute Gasteiger partial charge is 0.484 e. The molecule has 0 rings (SSSR count). The van der Waals surface area contributed by atoms with E-state index in [2.05, 4.69) is 3.79 Å². The second kappa shape index (κ2) is 6.64. The third-order valence-electron chi connectivity index (χ3n) is 0.166. The van der Waals surface area contributed by atoms with Crippen molar-refractivity contribution in [1.29, 1.82) is 0 Å². The Morgan fingerprint density at radius 1 is 1.83 bits per heavy atom. The number of carbonyl (C=O) groups excluding carboxylic acids is 1. The van der Waals surface area contributed by atoms with Crippen molar-refractivity contribution in [2.75, 3.05) is 0 Å². The SMILES string of the molecule is CC(=O)[O][Al].[K]. The van der Waals surface area contributed by atoms with Crippen molar-refractivity contribution in [3.8, 4) is 0 Å². The average molecular weight is 125 g/mol. The molecule has 27 valence electrons. The molecule has 0 atom stereocenters. The Kier molecular flexibility index (Phi) is 11.7. The van der Waals surface area contributed by atoms with E-state index in [1.54, 1.807) is 0 Å². The van der Waals surface area contributed by atoms with Crippen LogP contribution in [0.25, 0.3) is 0 Å². The molecule has 0 aromatic carbocycles. The zero-order valence-electron chi connectivity index (χ0n) is 3.89. The first-order valence-electron chi connectivity index (χ1n) is 1.14. The van der Waals surface area contributed by atoms with E-state index in [0.29, 0.717) is 0 Å². The Hall–Kier alpha value is 1.64. The fourth-order valence-electron chi connectivity index (χ4n) is 0. The molecule has 0 unspecified atom stereocenters. The molecule has 0 amide bonds. The summed E-state index contributed by atoms with van der Waals surface area (Å²) in [6, 6.07) is 0. The predicted molar refractivity (Wildman–Crippen MR) is 23.3 cm³/mol. The second-order valence-corrected chi connectivity index (χ2v) is 0.845. The van der Waals surface area contributed by atoms with Gasteiger partial charge in [0.1, 0.15) is 0 Å². The van der Waals surface area contributed by atoms with Gasteiger partial charge in [-0.15, -0.1) is 0 Å². The van der Waals surface area contributed by atoms with Crippen molar-refractivity contribution < 1.29 is 8.58 Å². The summed E-state index contributed by atoms with van der Waals surface area (Å²) in [5.41, 5.74) is 0. The van der Waals surface area contributed by atoms with E-state index in [1.165, 1.54) is 6.92 Å². The van der Waals surface area contributed by atoms with Crippen molar-refractivity contribution in [3.63, 3.8) is 0 Å². The molecule has 0 aromatic heterocycles. The first-order valence-corrected chi connectivity index (χ1v) is 1.62. The van der Waals surface area contributed by atoms with E-state index in [-0.39, 0.29) is 57.4 Å². The maximum atomic E-state index is 9.57. The van der Waals surface area contributed by atoms with E-state index in [1.807, 2.05) is 16.6 Å². The van der Waals surface area contributed by atoms with Gasteiger partial charge in [-0.2, -0.15) is 0 Å². The molecule has 0 bridgehead atoms. The fourth-order valence-corrected chi connectivity index (χ4v) is 0. The molecule has 0 aliphatic heterocycles. The quantitative estimate of drug-likeness (QED) is 0.398. The van der Waals surface area contributed by atoms with Crippen LogP contribution in [-0.4, -0.2) is 74.0 Å². The van der Waals surface area contributed by atoms with Gasteiger partial charge >= 0.3 is 16.6 Å². The molecular formula is C2H3AlKO2. The van der Waals surface area contributed by atoms with E-state index in [0.717, 1.165) is 0 Å². The molecule has 0 saturated heterocycles. The summed E-state index contributed by atoms with van der Waals surface area (Å²) in [6.45, 7) is 1.34. The normalized spacial score (nSPS) is 5.50. The van der Waals surface area contributed by atoms with Gasteiger partial charge in [-0.05, 0) is 0 Å². The largest absolute Gasteiger partial charge is 0.628 e. The Bertz CT molecular complexity index is 46.8. The van der Waals surface area contributed by atoms with Crippen molar-refractivity contribution in [2.24, 2.45) is 0 Å². The summed E-state index contributed by atoms with van der Waals surface area (Å²) in [4.78, 5) is 9.57. The van der Waals surface area contributed by atoms with Crippen molar-refractivity contribution >= 4 is 74.0 Å². The number of carbonyl (C=O) groups is 1. The molecule has 0 fully saturated rings. The summed E-state index contributed by atoms with van der Waals surface area (Å²) in [7, 11) is 0. The minimum absolute atomic E-state index is 0. The van der Waals surface area contributed by atoms with E-state index >= 15 is 0 Å². The topological polar surface area (TPSA) is 26.3 Å². The molecule has 2 nitrogen and oxygen atoms in total.